The number of amides is 1. The van der Waals surface area contributed by atoms with Gasteiger partial charge in [-0.25, -0.2) is 0 Å². The second-order valence-electron chi connectivity index (χ2n) is 8.05. The number of carbonyl (C=O) groups is 1. The van der Waals surface area contributed by atoms with Gasteiger partial charge in [0.15, 0.2) is 0 Å². The van der Waals surface area contributed by atoms with Crippen LogP contribution in [0.15, 0.2) is 47.4 Å². The van der Waals surface area contributed by atoms with Gasteiger partial charge in [0.05, 0.1) is 0 Å². The average Bonchev–Trinajstić information content (AvgIpc) is 2.88. The van der Waals surface area contributed by atoms with Crippen LogP contribution >= 0.6 is 0 Å². The van der Waals surface area contributed by atoms with Crippen LogP contribution in [0.3, 0.4) is 0 Å². The van der Waals surface area contributed by atoms with Crippen molar-refractivity contribution >= 4 is 21.7 Å². The molecule has 2 aromatic carbocycles. The number of anilines is 1. The molecule has 0 N–H and O–H groups in total. The predicted octanol–water partition coefficient (Wildman–Crippen LogP) is 4.05. The second kappa shape index (κ2) is 6.68. The van der Waals surface area contributed by atoms with Gasteiger partial charge in [-0.3, -0.25) is 4.79 Å². The molecule has 0 aliphatic carbocycles. The lowest BCUT2D eigenvalue weighted by Crippen LogP contribution is -2.33. The molecule has 1 atom stereocenters. The number of hydrogen-bond donors (Lipinski definition) is 0. The summed E-state index contributed by atoms with van der Waals surface area (Å²) in [5, 5.41) is 0. The Bertz CT molecular complexity index is 989. The first-order valence-corrected chi connectivity index (χ1v) is 10.4. The van der Waals surface area contributed by atoms with Crippen LogP contribution < -0.4 is 9.08 Å². The number of fused-ring (bicyclic) bond motifs is 1. The van der Waals surface area contributed by atoms with E-state index in [2.05, 4.69) is 20.8 Å². The van der Waals surface area contributed by atoms with Crippen LogP contribution in [0.1, 0.15) is 45.7 Å². The van der Waals surface area contributed by atoms with E-state index in [-0.39, 0.29) is 22.3 Å². The van der Waals surface area contributed by atoms with Gasteiger partial charge in [0.2, 0.25) is 5.91 Å². The van der Waals surface area contributed by atoms with Gasteiger partial charge in [-0.2, -0.15) is 8.42 Å². The first-order valence-electron chi connectivity index (χ1n) is 8.97. The van der Waals surface area contributed by atoms with E-state index < -0.39 is 10.1 Å². The fraction of sp³-hybridized carbons (Fsp3) is 0.381. The summed E-state index contributed by atoms with van der Waals surface area (Å²) in [7, 11) is -3.96. The van der Waals surface area contributed by atoms with Crippen molar-refractivity contribution in [3.8, 4) is 5.75 Å². The highest BCUT2D eigenvalue weighted by molar-refractivity contribution is 7.87. The third-order valence-electron chi connectivity index (χ3n) is 4.80. The number of nitrogens with zero attached hydrogens (tertiary/aromatic N) is 1. The molecular formula is C21H25NO4S. The van der Waals surface area contributed by atoms with Gasteiger partial charge in [0, 0.05) is 18.7 Å². The predicted molar refractivity (Wildman–Crippen MR) is 106 cm³/mol. The molecule has 5 nitrogen and oxygen atoms in total. The molecule has 1 aliphatic rings. The third kappa shape index (κ3) is 3.86. The van der Waals surface area contributed by atoms with E-state index in [1.54, 1.807) is 35.2 Å². The highest BCUT2D eigenvalue weighted by Crippen LogP contribution is 2.34. The van der Waals surface area contributed by atoms with Crippen molar-refractivity contribution < 1.29 is 17.4 Å². The quantitative estimate of drug-likeness (QED) is 0.746. The van der Waals surface area contributed by atoms with Gasteiger partial charge >= 0.3 is 10.1 Å². The zero-order valence-electron chi connectivity index (χ0n) is 16.3. The van der Waals surface area contributed by atoms with Gasteiger partial charge < -0.3 is 9.08 Å². The molecule has 144 valence electrons. The van der Waals surface area contributed by atoms with E-state index in [0.717, 1.165) is 16.8 Å². The number of benzene rings is 2. The van der Waals surface area contributed by atoms with Crippen molar-refractivity contribution in [1.29, 1.82) is 0 Å². The number of hydrogen-bond acceptors (Lipinski definition) is 4. The van der Waals surface area contributed by atoms with Gasteiger partial charge in [-0.1, -0.05) is 32.9 Å². The monoisotopic (exact) mass is 387 g/mol. The molecule has 1 heterocycles. The lowest BCUT2D eigenvalue weighted by molar-refractivity contribution is -0.116. The molecule has 0 saturated heterocycles. The highest BCUT2D eigenvalue weighted by atomic mass is 32.2. The van der Waals surface area contributed by atoms with Crippen LogP contribution in [0.4, 0.5) is 5.69 Å². The lowest BCUT2D eigenvalue weighted by Gasteiger charge is -2.20. The third-order valence-corrected chi connectivity index (χ3v) is 6.04. The maximum atomic E-state index is 12.8. The zero-order valence-corrected chi connectivity index (χ0v) is 17.1. The van der Waals surface area contributed by atoms with Crippen molar-refractivity contribution in [3.05, 3.63) is 53.6 Å². The minimum Gasteiger partial charge on any atom is -0.379 e. The molecule has 1 amide bonds. The summed E-state index contributed by atoms with van der Waals surface area (Å²) in [6, 6.07) is 11.9. The van der Waals surface area contributed by atoms with E-state index in [4.69, 9.17) is 4.18 Å². The molecule has 0 spiro atoms. The largest absolute Gasteiger partial charge is 0.379 e. The Kier molecular flexibility index (Phi) is 4.80. The minimum atomic E-state index is -3.96. The van der Waals surface area contributed by atoms with Gasteiger partial charge in [0.25, 0.3) is 0 Å². The highest BCUT2D eigenvalue weighted by Gasteiger charge is 2.30. The standard InChI is InChI=1S/C21H25NO4S/c1-14-11-16-12-19(9-10-20(16)22(14)15(2)23)27(24,25)26-18-8-6-7-17(13-18)21(3,4)5/h6-10,12-14H,11H2,1-5H3. The summed E-state index contributed by atoms with van der Waals surface area (Å²) in [4.78, 5) is 13.6. The van der Waals surface area contributed by atoms with Crippen LogP contribution in [0.2, 0.25) is 0 Å². The van der Waals surface area contributed by atoms with Crippen molar-refractivity contribution in [2.75, 3.05) is 4.90 Å². The summed E-state index contributed by atoms with van der Waals surface area (Å²) in [5.74, 6) is 0.244. The summed E-state index contributed by atoms with van der Waals surface area (Å²) < 4.78 is 30.9. The summed E-state index contributed by atoms with van der Waals surface area (Å²) in [6.07, 6.45) is 0.623. The molecule has 0 fully saturated rings. The molecule has 1 aliphatic heterocycles. The molecule has 0 aromatic heterocycles. The van der Waals surface area contributed by atoms with Gasteiger partial charge in [-0.05, 0) is 60.2 Å². The van der Waals surface area contributed by atoms with Crippen LogP contribution in [0, 0.1) is 0 Å². The SMILES string of the molecule is CC(=O)N1c2ccc(S(=O)(=O)Oc3cccc(C(C)(C)C)c3)cc2CC1C. The second-order valence-corrected chi connectivity index (χ2v) is 9.59. The van der Waals surface area contributed by atoms with Gasteiger partial charge in [-0.15, -0.1) is 0 Å². The summed E-state index contributed by atoms with van der Waals surface area (Å²) in [6.45, 7) is 9.64. The zero-order chi connectivity index (χ0) is 20.0. The first kappa shape index (κ1) is 19.4. The minimum absolute atomic E-state index is 0.0137. The molecule has 3 rings (SSSR count). The molecule has 2 aromatic rings. The summed E-state index contributed by atoms with van der Waals surface area (Å²) >= 11 is 0. The fourth-order valence-electron chi connectivity index (χ4n) is 3.43. The average molecular weight is 388 g/mol. The Morgan fingerprint density at radius 1 is 1.15 bits per heavy atom. The molecule has 0 radical (unpaired) electrons. The van der Waals surface area contributed by atoms with Crippen molar-refractivity contribution in [3.63, 3.8) is 0 Å². The first-order chi connectivity index (χ1) is 12.5. The van der Waals surface area contributed by atoms with E-state index >= 15 is 0 Å². The molecule has 0 saturated carbocycles. The molecular weight excluding hydrogens is 362 g/mol. The fourth-order valence-corrected chi connectivity index (χ4v) is 4.41. The van der Waals surface area contributed by atoms with Crippen molar-refractivity contribution in [1.82, 2.24) is 0 Å². The van der Waals surface area contributed by atoms with E-state index in [0.29, 0.717) is 12.2 Å². The maximum absolute atomic E-state index is 12.8. The Morgan fingerprint density at radius 2 is 1.85 bits per heavy atom. The molecule has 1 unspecified atom stereocenters. The van der Waals surface area contributed by atoms with Crippen molar-refractivity contribution in [2.45, 2.75) is 57.4 Å². The van der Waals surface area contributed by atoms with Crippen LogP contribution in [-0.2, 0) is 26.7 Å². The molecule has 27 heavy (non-hydrogen) atoms. The normalized spacial score (nSPS) is 16.9. The molecule has 6 heteroatoms. The van der Waals surface area contributed by atoms with Crippen LogP contribution in [0.5, 0.6) is 5.75 Å². The molecule has 0 bridgehead atoms. The van der Waals surface area contributed by atoms with E-state index in [1.807, 2.05) is 13.0 Å². The topological polar surface area (TPSA) is 63.7 Å². The van der Waals surface area contributed by atoms with E-state index in [1.165, 1.54) is 13.0 Å². The van der Waals surface area contributed by atoms with E-state index in [9.17, 15) is 13.2 Å². The van der Waals surface area contributed by atoms with Crippen LogP contribution in [0.25, 0.3) is 0 Å². The Labute approximate surface area is 161 Å². The summed E-state index contributed by atoms with van der Waals surface area (Å²) in [5.41, 5.74) is 2.49. The Morgan fingerprint density at radius 3 is 2.48 bits per heavy atom. The van der Waals surface area contributed by atoms with Gasteiger partial charge in [0.1, 0.15) is 10.6 Å². The number of rotatable bonds is 3. The Hall–Kier alpha value is -2.34. The van der Waals surface area contributed by atoms with Crippen LogP contribution in [-0.4, -0.2) is 20.4 Å². The Balaban J connectivity index is 1.91. The van der Waals surface area contributed by atoms with Crippen molar-refractivity contribution in [2.24, 2.45) is 0 Å². The maximum Gasteiger partial charge on any atom is 0.339 e. The lowest BCUT2D eigenvalue weighted by atomic mass is 9.87. The smallest absolute Gasteiger partial charge is 0.339 e. The number of carbonyl (C=O) groups excluding carboxylic acids is 1.